The van der Waals surface area contributed by atoms with Gasteiger partial charge in [0.1, 0.15) is 19.0 Å². The Hall–Kier alpha value is -1.73. The number of carbonyl (C=O) groups excluding carboxylic acids is 1. The lowest BCUT2D eigenvalue weighted by Crippen LogP contribution is -2.31. The molecule has 0 aliphatic carbocycles. The Kier molecular flexibility index (Phi) is 6.09. The monoisotopic (exact) mass is 483 g/mol. The van der Waals surface area contributed by atoms with Crippen LogP contribution < -0.4 is 19.5 Å². The fourth-order valence-electron chi connectivity index (χ4n) is 2.66. The molecule has 1 aliphatic rings. The van der Waals surface area contributed by atoms with Crippen molar-refractivity contribution in [3.05, 3.63) is 50.4 Å². The number of amides is 1. The van der Waals surface area contributed by atoms with Crippen molar-refractivity contribution in [1.82, 2.24) is 5.32 Å². The largest absolute Gasteiger partial charge is 0.486 e. The molecule has 0 fully saturated rings. The Morgan fingerprint density at radius 1 is 1.15 bits per heavy atom. The van der Waals surface area contributed by atoms with E-state index in [-0.39, 0.29) is 18.6 Å². The molecule has 1 atom stereocenters. The summed E-state index contributed by atoms with van der Waals surface area (Å²) < 4.78 is 18.4. The van der Waals surface area contributed by atoms with Gasteiger partial charge >= 0.3 is 0 Å². The van der Waals surface area contributed by atoms with Crippen LogP contribution in [0.5, 0.6) is 17.2 Å². The molecule has 26 heavy (non-hydrogen) atoms. The minimum absolute atomic E-state index is 0.0743. The summed E-state index contributed by atoms with van der Waals surface area (Å²) in [6.45, 7) is 4.92. The quantitative estimate of drug-likeness (QED) is 0.676. The predicted octanol–water partition coefficient (Wildman–Crippen LogP) is 4.55. The summed E-state index contributed by atoms with van der Waals surface area (Å²) in [4.78, 5) is 12.3. The number of nitrogens with one attached hydrogen (secondary N) is 1. The van der Waals surface area contributed by atoms with E-state index in [2.05, 4.69) is 37.2 Å². The van der Waals surface area contributed by atoms with Crippen LogP contribution in [0.15, 0.2) is 39.3 Å². The van der Waals surface area contributed by atoms with Crippen molar-refractivity contribution in [3.63, 3.8) is 0 Å². The van der Waals surface area contributed by atoms with E-state index in [0.29, 0.717) is 24.7 Å². The first kappa shape index (κ1) is 19.0. The summed E-state index contributed by atoms with van der Waals surface area (Å²) in [5, 5.41) is 2.93. The Labute approximate surface area is 169 Å². The first-order valence-corrected chi connectivity index (χ1v) is 9.80. The third kappa shape index (κ3) is 4.51. The Morgan fingerprint density at radius 2 is 1.81 bits per heavy atom. The lowest BCUT2D eigenvalue weighted by molar-refractivity contribution is -0.123. The number of aryl methyl sites for hydroxylation is 1. The summed E-state index contributed by atoms with van der Waals surface area (Å²) in [5.74, 6) is 1.85. The Morgan fingerprint density at radius 3 is 2.50 bits per heavy atom. The number of ether oxygens (including phenoxy) is 3. The summed E-state index contributed by atoms with van der Waals surface area (Å²) in [6.07, 6.45) is 0. The lowest BCUT2D eigenvalue weighted by Gasteiger charge is -2.21. The van der Waals surface area contributed by atoms with Crippen molar-refractivity contribution in [2.75, 3.05) is 19.8 Å². The van der Waals surface area contributed by atoms with Gasteiger partial charge < -0.3 is 19.5 Å². The van der Waals surface area contributed by atoms with Crippen LogP contribution in [0.2, 0.25) is 0 Å². The van der Waals surface area contributed by atoms with Crippen LogP contribution in [-0.2, 0) is 4.79 Å². The van der Waals surface area contributed by atoms with Gasteiger partial charge in [0.25, 0.3) is 5.91 Å². The highest BCUT2D eigenvalue weighted by atomic mass is 79.9. The maximum absolute atomic E-state index is 12.3. The number of carbonyl (C=O) groups is 1. The zero-order chi connectivity index (χ0) is 18.7. The van der Waals surface area contributed by atoms with Gasteiger partial charge in [-0.3, -0.25) is 4.79 Å². The first-order chi connectivity index (χ1) is 12.4. The van der Waals surface area contributed by atoms with Gasteiger partial charge in [-0.1, -0.05) is 6.07 Å². The SMILES string of the molecule is Cc1cc(Br)c(OCC(=O)N[C@H](C)c2ccc3c(c2)OCCO3)c(Br)c1. The minimum Gasteiger partial charge on any atom is -0.486 e. The van der Waals surface area contributed by atoms with Gasteiger partial charge in [-0.2, -0.15) is 0 Å². The minimum atomic E-state index is -0.202. The molecule has 3 rings (SSSR count). The second-order valence-corrected chi connectivity index (χ2v) is 7.75. The van der Waals surface area contributed by atoms with E-state index in [1.54, 1.807) is 0 Å². The van der Waals surface area contributed by atoms with Crippen molar-refractivity contribution in [2.24, 2.45) is 0 Å². The number of benzene rings is 2. The van der Waals surface area contributed by atoms with E-state index in [9.17, 15) is 4.79 Å². The second-order valence-electron chi connectivity index (χ2n) is 6.04. The third-order valence-corrected chi connectivity index (χ3v) is 5.11. The highest BCUT2D eigenvalue weighted by Gasteiger charge is 2.17. The molecule has 138 valence electrons. The van der Waals surface area contributed by atoms with Gasteiger partial charge in [0.05, 0.1) is 15.0 Å². The van der Waals surface area contributed by atoms with Gasteiger partial charge in [0.15, 0.2) is 18.1 Å². The van der Waals surface area contributed by atoms with Crippen molar-refractivity contribution in [3.8, 4) is 17.2 Å². The summed E-state index contributed by atoms with van der Waals surface area (Å²) in [5.41, 5.74) is 2.04. The smallest absolute Gasteiger partial charge is 0.258 e. The predicted molar refractivity (Wildman–Crippen MR) is 106 cm³/mol. The standard InChI is InChI=1S/C19H19Br2NO4/c1-11-7-14(20)19(15(21)8-11)26-10-18(23)22-12(2)13-3-4-16-17(9-13)25-6-5-24-16/h3-4,7-9,12H,5-6,10H2,1-2H3,(H,22,23)/t12-/m1/s1. The van der Waals surface area contributed by atoms with Crippen molar-refractivity contribution in [1.29, 1.82) is 0 Å². The topological polar surface area (TPSA) is 56.8 Å². The number of halogens is 2. The highest BCUT2D eigenvalue weighted by molar-refractivity contribution is 9.11. The van der Waals surface area contributed by atoms with Crippen LogP contribution in [-0.4, -0.2) is 25.7 Å². The molecule has 1 N–H and O–H groups in total. The molecule has 5 nitrogen and oxygen atoms in total. The van der Waals surface area contributed by atoms with E-state index in [1.807, 2.05) is 44.2 Å². The maximum Gasteiger partial charge on any atom is 0.258 e. The number of rotatable bonds is 5. The maximum atomic E-state index is 12.3. The summed E-state index contributed by atoms with van der Waals surface area (Å²) in [7, 11) is 0. The molecule has 0 saturated heterocycles. The molecule has 0 unspecified atom stereocenters. The third-order valence-electron chi connectivity index (χ3n) is 3.93. The van der Waals surface area contributed by atoms with Crippen molar-refractivity contribution < 1.29 is 19.0 Å². The van der Waals surface area contributed by atoms with Crippen LogP contribution in [0, 0.1) is 6.92 Å². The first-order valence-electron chi connectivity index (χ1n) is 8.21. The van der Waals surface area contributed by atoms with Crippen LogP contribution in [0.25, 0.3) is 0 Å². The van der Waals surface area contributed by atoms with Crippen LogP contribution >= 0.6 is 31.9 Å². The molecule has 0 radical (unpaired) electrons. The molecule has 1 heterocycles. The summed E-state index contributed by atoms with van der Waals surface area (Å²) in [6, 6.07) is 9.39. The fraction of sp³-hybridized carbons (Fsp3) is 0.316. The number of hydrogen-bond donors (Lipinski definition) is 1. The molecular formula is C19H19Br2NO4. The van der Waals surface area contributed by atoms with Crippen LogP contribution in [0.4, 0.5) is 0 Å². The highest BCUT2D eigenvalue weighted by Crippen LogP contribution is 2.35. The molecule has 7 heteroatoms. The van der Waals surface area contributed by atoms with Gasteiger partial charge in [-0.15, -0.1) is 0 Å². The molecule has 0 aromatic heterocycles. The van der Waals surface area contributed by atoms with E-state index >= 15 is 0 Å². The van der Waals surface area contributed by atoms with Gasteiger partial charge in [-0.25, -0.2) is 0 Å². The van der Waals surface area contributed by atoms with E-state index in [4.69, 9.17) is 14.2 Å². The van der Waals surface area contributed by atoms with Crippen LogP contribution in [0.3, 0.4) is 0 Å². The average molecular weight is 485 g/mol. The lowest BCUT2D eigenvalue weighted by atomic mass is 10.1. The molecule has 0 bridgehead atoms. The molecule has 0 saturated carbocycles. The summed E-state index contributed by atoms with van der Waals surface area (Å²) >= 11 is 6.92. The molecule has 2 aromatic carbocycles. The molecule has 1 amide bonds. The normalized spacial score (nSPS) is 13.8. The molecule has 1 aliphatic heterocycles. The average Bonchev–Trinajstić information content (AvgIpc) is 2.60. The molecule has 2 aromatic rings. The second kappa shape index (κ2) is 8.31. The number of hydrogen-bond acceptors (Lipinski definition) is 4. The number of fused-ring (bicyclic) bond motifs is 1. The Balaban J connectivity index is 1.60. The zero-order valence-corrected chi connectivity index (χ0v) is 17.6. The fourth-order valence-corrected chi connectivity index (χ4v) is 4.30. The van der Waals surface area contributed by atoms with Crippen molar-refractivity contribution in [2.45, 2.75) is 19.9 Å². The molecule has 0 spiro atoms. The van der Waals surface area contributed by atoms with E-state index in [1.165, 1.54) is 0 Å². The zero-order valence-electron chi connectivity index (χ0n) is 14.5. The Bertz CT molecular complexity index is 802. The molecular weight excluding hydrogens is 466 g/mol. The van der Waals surface area contributed by atoms with Gasteiger partial charge in [0, 0.05) is 0 Å². The van der Waals surface area contributed by atoms with Gasteiger partial charge in [-0.05, 0) is 81.1 Å². The van der Waals surface area contributed by atoms with E-state index in [0.717, 1.165) is 25.8 Å². The van der Waals surface area contributed by atoms with Gasteiger partial charge in [0.2, 0.25) is 0 Å². The van der Waals surface area contributed by atoms with Crippen LogP contribution in [0.1, 0.15) is 24.1 Å². The van der Waals surface area contributed by atoms with Crippen molar-refractivity contribution >= 4 is 37.8 Å². The van der Waals surface area contributed by atoms with E-state index < -0.39 is 0 Å².